The van der Waals surface area contributed by atoms with Crippen LogP contribution in [-0.2, 0) is 13.0 Å². The zero-order chi connectivity index (χ0) is 13.1. The van der Waals surface area contributed by atoms with Gasteiger partial charge in [-0.2, -0.15) is 0 Å². The van der Waals surface area contributed by atoms with Crippen molar-refractivity contribution in [3.05, 3.63) is 40.3 Å². The summed E-state index contributed by atoms with van der Waals surface area (Å²) in [4.78, 5) is 0. The second-order valence-electron chi connectivity index (χ2n) is 4.08. The van der Waals surface area contributed by atoms with E-state index in [-0.39, 0.29) is 5.02 Å². The molecule has 1 aromatic carbocycles. The Morgan fingerprint density at radius 2 is 2.22 bits per heavy atom. The van der Waals surface area contributed by atoms with Crippen LogP contribution in [0, 0.1) is 5.82 Å². The van der Waals surface area contributed by atoms with Crippen LogP contribution >= 0.6 is 11.6 Å². The molecule has 2 N–H and O–H groups in total. The van der Waals surface area contributed by atoms with E-state index in [9.17, 15) is 4.39 Å². The molecule has 0 unspecified atom stereocenters. The van der Waals surface area contributed by atoms with Crippen LogP contribution in [0.15, 0.2) is 18.2 Å². The highest BCUT2D eigenvalue weighted by molar-refractivity contribution is 6.30. The molecule has 0 aliphatic rings. The lowest BCUT2D eigenvalue weighted by molar-refractivity contribution is 0.607. The molecule has 1 aromatic heterocycles. The first-order valence-corrected chi connectivity index (χ1v) is 6.11. The van der Waals surface area contributed by atoms with Crippen molar-refractivity contribution in [2.24, 2.45) is 0 Å². The highest BCUT2D eigenvalue weighted by Gasteiger charge is 2.10. The van der Waals surface area contributed by atoms with Crippen LogP contribution in [0.4, 0.5) is 10.2 Å². The highest BCUT2D eigenvalue weighted by atomic mass is 35.5. The minimum atomic E-state index is -0.424. The maximum absolute atomic E-state index is 13.1. The molecule has 0 aliphatic heterocycles. The van der Waals surface area contributed by atoms with E-state index >= 15 is 0 Å². The van der Waals surface area contributed by atoms with Crippen LogP contribution in [0.25, 0.3) is 0 Å². The van der Waals surface area contributed by atoms with Gasteiger partial charge < -0.3 is 5.73 Å². The SMILES string of the molecule is CCCc1c(N)nnn1Cc1ccc(F)c(Cl)c1. The molecule has 96 valence electrons. The monoisotopic (exact) mass is 268 g/mol. The number of nitrogen functional groups attached to an aromatic ring is 1. The summed E-state index contributed by atoms with van der Waals surface area (Å²) in [5, 5.41) is 7.95. The molecule has 0 amide bonds. The van der Waals surface area contributed by atoms with E-state index in [2.05, 4.69) is 17.2 Å². The lowest BCUT2D eigenvalue weighted by Gasteiger charge is -2.06. The summed E-state index contributed by atoms with van der Waals surface area (Å²) in [6.45, 7) is 2.55. The fourth-order valence-corrected chi connectivity index (χ4v) is 1.98. The fourth-order valence-electron chi connectivity index (χ4n) is 1.78. The number of rotatable bonds is 4. The first-order chi connectivity index (χ1) is 8.61. The zero-order valence-corrected chi connectivity index (χ0v) is 10.8. The summed E-state index contributed by atoms with van der Waals surface area (Å²) < 4.78 is 14.8. The van der Waals surface area contributed by atoms with Crippen molar-refractivity contribution in [2.75, 3.05) is 5.73 Å². The van der Waals surface area contributed by atoms with Gasteiger partial charge in [0.2, 0.25) is 0 Å². The first kappa shape index (κ1) is 12.8. The van der Waals surface area contributed by atoms with Crippen molar-refractivity contribution >= 4 is 17.4 Å². The number of halogens is 2. The van der Waals surface area contributed by atoms with Crippen LogP contribution < -0.4 is 5.73 Å². The van der Waals surface area contributed by atoms with Gasteiger partial charge in [0.25, 0.3) is 0 Å². The van der Waals surface area contributed by atoms with Gasteiger partial charge in [-0.15, -0.1) is 5.10 Å². The Balaban J connectivity index is 2.25. The smallest absolute Gasteiger partial charge is 0.169 e. The summed E-state index contributed by atoms with van der Waals surface area (Å²) in [5.41, 5.74) is 7.52. The second kappa shape index (κ2) is 5.35. The molecule has 0 radical (unpaired) electrons. The van der Waals surface area contributed by atoms with Crippen LogP contribution in [-0.4, -0.2) is 15.0 Å². The molecule has 1 heterocycles. The van der Waals surface area contributed by atoms with Gasteiger partial charge in [-0.05, 0) is 24.1 Å². The average molecular weight is 269 g/mol. The van der Waals surface area contributed by atoms with Gasteiger partial charge in [0.1, 0.15) is 5.82 Å². The number of benzene rings is 1. The van der Waals surface area contributed by atoms with Gasteiger partial charge >= 0.3 is 0 Å². The van der Waals surface area contributed by atoms with E-state index in [4.69, 9.17) is 17.3 Å². The fraction of sp³-hybridized carbons (Fsp3) is 0.333. The number of aromatic nitrogens is 3. The largest absolute Gasteiger partial charge is 0.381 e. The summed E-state index contributed by atoms with van der Waals surface area (Å²) in [6.07, 6.45) is 1.77. The Hall–Kier alpha value is -1.62. The molecule has 6 heteroatoms. The minimum absolute atomic E-state index is 0.109. The summed E-state index contributed by atoms with van der Waals surface area (Å²) in [6, 6.07) is 4.61. The third-order valence-electron chi connectivity index (χ3n) is 2.67. The van der Waals surface area contributed by atoms with Crippen LogP contribution in [0.5, 0.6) is 0 Å². The number of nitrogens with two attached hydrogens (primary N) is 1. The molecule has 2 rings (SSSR count). The molecule has 0 aliphatic carbocycles. The highest BCUT2D eigenvalue weighted by Crippen LogP contribution is 2.18. The molecule has 0 bridgehead atoms. The third kappa shape index (κ3) is 2.61. The minimum Gasteiger partial charge on any atom is -0.381 e. The maximum atomic E-state index is 13.1. The van der Waals surface area contributed by atoms with E-state index in [0.717, 1.165) is 24.1 Å². The van der Waals surface area contributed by atoms with Gasteiger partial charge in [0.05, 0.1) is 17.3 Å². The Morgan fingerprint density at radius 3 is 2.89 bits per heavy atom. The van der Waals surface area contributed by atoms with E-state index < -0.39 is 5.82 Å². The molecule has 0 fully saturated rings. The molecule has 0 atom stereocenters. The lowest BCUT2D eigenvalue weighted by atomic mass is 10.2. The molecular formula is C12H14ClFN4. The number of hydrogen-bond acceptors (Lipinski definition) is 3. The number of hydrogen-bond donors (Lipinski definition) is 1. The Labute approximate surface area is 110 Å². The molecule has 0 saturated carbocycles. The predicted molar refractivity (Wildman–Crippen MR) is 68.9 cm³/mol. The standard InChI is InChI=1S/C12H14ClFN4/c1-2-3-11-12(15)16-17-18(11)7-8-4-5-10(14)9(13)6-8/h4-6H,2-3,7,15H2,1H3. The summed E-state index contributed by atoms with van der Waals surface area (Å²) in [7, 11) is 0. The predicted octanol–water partition coefficient (Wildman–Crippen LogP) is 2.65. The van der Waals surface area contributed by atoms with Crippen molar-refractivity contribution in [3.63, 3.8) is 0 Å². The van der Waals surface area contributed by atoms with Crippen LogP contribution in [0.2, 0.25) is 5.02 Å². The zero-order valence-electron chi connectivity index (χ0n) is 10.0. The van der Waals surface area contributed by atoms with Crippen molar-refractivity contribution in [1.82, 2.24) is 15.0 Å². The Bertz CT molecular complexity index is 553. The molecular weight excluding hydrogens is 255 g/mol. The summed E-state index contributed by atoms with van der Waals surface area (Å²) >= 11 is 5.74. The van der Waals surface area contributed by atoms with E-state index in [1.165, 1.54) is 6.07 Å². The average Bonchev–Trinajstić information content (AvgIpc) is 2.67. The van der Waals surface area contributed by atoms with Gasteiger partial charge in [0.15, 0.2) is 5.82 Å². The maximum Gasteiger partial charge on any atom is 0.169 e. The summed E-state index contributed by atoms with van der Waals surface area (Å²) in [5.74, 6) is 0.0253. The normalized spacial score (nSPS) is 10.8. The quantitative estimate of drug-likeness (QED) is 0.927. The lowest BCUT2D eigenvalue weighted by Crippen LogP contribution is -2.07. The van der Waals surface area contributed by atoms with E-state index in [0.29, 0.717) is 12.4 Å². The Morgan fingerprint density at radius 1 is 1.44 bits per heavy atom. The van der Waals surface area contributed by atoms with E-state index in [1.807, 2.05) is 0 Å². The van der Waals surface area contributed by atoms with Crippen molar-refractivity contribution < 1.29 is 4.39 Å². The first-order valence-electron chi connectivity index (χ1n) is 5.73. The topological polar surface area (TPSA) is 56.7 Å². The van der Waals surface area contributed by atoms with Gasteiger partial charge in [-0.25, -0.2) is 9.07 Å². The third-order valence-corrected chi connectivity index (χ3v) is 2.96. The van der Waals surface area contributed by atoms with Crippen LogP contribution in [0.3, 0.4) is 0 Å². The number of anilines is 1. The molecule has 18 heavy (non-hydrogen) atoms. The van der Waals surface area contributed by atoms with Gasteiger partial charge in [-0.1, -0.05) is 36.2 Å². The van der Waals surface area contributed by atoms with Crippen molar-refractivity contribution in [2.45, 2.75) is 26.3 Å². The van der Waals surface area contributed by atoms with Crippen molar-refractivity contribution in [3.8, 4) is 0 Å². The molecule has 0 spiro atoms. The molecule has 4 nitrogen and oxygen atoms in total. The molecule has 0 saturated heterocycles. The van der Waals surface area contributed by atoms with Gasteiger partial charge in [-0.3, -0.25) is 0 Å². The number of nitrogens with zero attached hydrogens (tertiary/aromatic N) is 3. The van der Waals surface area contributed by atoms with Crippen LogP contribution in [0.1, 0.15) is 24.6 Å². The van der Waals surface area contributed by atoms with Gasteiger partial charge in [0, 0.05) is 0 Å². The second-order valence-corrected chi connectivity index (χ2v) is 4.48. The Kier molecular flexibility index (Phi) is 3.81. The molecule has 2 aromatic rings. The van der Waals surface area contributed by atoms with E-state index in [1.54, 1.807) is 16.8 Å². The van der Waals surface area contributed by atoms with Crippen molar-refractivity contribution in [1.29, 1.82) is 0 Å².